The number of rotatable bonds is 9. The molecule has 2 aromatic heterocycles. The maximum atomic E-state index is 13.0. The highest BCUT2D eigenvalue weighted by Crippen LogP contribution is 2.33. The van der Waals surface area contributed by atoms with Crippen molar-refractivity contribution in [3.8, 4) is 0 Å². The molecule has 1 amide bonds. The molecule has 0 aliphatic heterocycles. The third-order valence-electron chi connectivity index (χ3n) is 4.90. The lowest BCUT2D eigenvalue weighted by molar-refractivity contribution is 0.0522. The van der Waals surface area contributed by atoms with Gasteiger partial charge in [-0.3, -0.25) is 9.59 Å². The Bertz CT molecular complexity index is 1300. The van der Waals surface area contributed by atoms with Gasteiger partial charge < -0.3 is 19.5 Å². The minimum absolute atomic E-state index is 0.196. The van der Waals surface area contributed by atoms with E-state index in [4.69, 9.17) is 9.15 Å². The van der Waals surface area contributed by atoms with Crippen molar-refractivity contribution >= 4 is 29.4 Å². The van der Waals surface area contributed by atoms with E-state index >= 15 is 0 Å². The fourth-order valence-corrected chi connectivity index (χ4v) is 4.32. The zero-order chi connectivity index (χ0) is 23.9. The minimum Gasteiger partial charge on any atom is -0.467 e. The number of ketones is 1. The number of H-pyrrole nitrogens is 1. The van der Waals surface area contributed by atoms with Crippen molar-refractivity contribution in [3.05, 3.63) is 107 Å². The van der Waals surface area contributed by atoms with Crippen LogP contribution in [0.1, 0.15) is 49.5 Å². The van der Waals surface area contributed by atoms with Crippen molar-refractivity contribution in [1.82, 2.24) is 10.3 Å². The quantitative estimate of drug-likeness (QED) is 0.259. The van der Waals surface area contributed by atoms with E-state index in [0.717, 1.165) is 0 Å². The minimum atomic E-state index is -0.548. The first-order valence-electron chi connectivity index (χ1n) is 10.6. The van der Waals surface area contributed by atoms with Crippen LogP contribution in [0.2, 0.25) is 0 Å². The lowest BCUT2D eigenvalue weighted by Gasteiger charge is -2.10. The van der Waals surface area contributed by atoms with Crippen molar-refractivity contribution in [1.29, 1.82) is 0 Å². The highest BCUT2D eigenvalue weighted by Gasteiger charge is 2.23. The highest BCUT2D eigenvalue weighted by atomic mass is 32.2. The van der Waals surface area contributed by atoms with Gasteiger partial charge in [-0.05, 0) is 37.3 Å². The van der Waals surface area contributed by atoms with E-state index in [1.165, 1.54) is 17.8 Å². The third-order valence-corrected chi connectivity index (χ3v) is 6.01. The number of carbonyl (C=O) groups excluding carboxylic acids is 3. The summed E-state index contributed by atoms with van der Waals surface area (Å²) in [6.07, 6.45) is 1.54. The molecule has 0 bridgehead atoms. The molecule has 2 aromatic carbocycles. The summed E-state index contributed by atoms with van der Waals surface area (Å²) in [5.74, 6) is -0.448. The zero-order valence-corrected chi connectivity index (χ0v) is 19.2. The molecule has 0 aliphatic rings. The predicted molar refractivity (Wildman–Crippen MR) is 127 cm³/mol. The summed E-state index contributed by atoms with van der Waals surface area (Å²) >= 11 is 1.19. The van der Waals surface area contributed by atoms with Crippen LogP contribution in [0.3, 0.4) is 0 Å². The maximum Gasteiger partial charge on any atom is 0.340 e. The van der Waals surface area contributed by atoms with E-state index in [1.807, 2.05) is 6.07 Å². The Morgan fingerprint density at radius 1 is 0.971 bits per heavy atom. The number of aromatic amines is 1. The first-order chi connectivity index (χ1) is 16.6. The normalized spacial score (nSPS) is 10.6. The van der Waals surface area contributed by atoms with Gasteiger partial charge in [0.2, 0.25) is 5.78 Å². The van der Waals surface area contributed by atoms with Crippen LogP contribution in [0, 0.1) is 0 Å². The molecule has 8 heteroatoms. The first kappa shape index (κ1) is 23.1. The molecule has 0 unspecified atom stereocenters. The fraction of sp³-hybridized carbons (Fsp3) is 0.115. The van der Waals surface area contributed by atoms with Crippen LogP contribution in [0.4, 0.5) is 0 Å². The van der Waals surface area contributed by atoms with E-state index < -0.39 is 5.97 Å². The van der Waals surface area contributed by atoms with Crippen molar-refractivity contribution in [3.63, 3.8) is 0 Å². The van der Waals surface area contributed by atoms with E-state index in [2.05, 4.69) is 10.3 Å². The van der Waals surface area contributed by atoms with Gasteiger partial charge in [0, 0.05) is 10.5 Å². The van der Waals surface area contributed by atoms with Gasteiger partial charge >= 0.3 is 5.97 Å². The van der Waals surface area contributed by atoms with Crippen LogP contribution in [0.5, 0.6) is 0 Å². The van der Waals surface area contributed by atoms with Crippen LogP contribution in [0.25, 0.3) is 0 Å². The Morgan fingerprint density at radius 2 is 1.74 bits per heavy atom. The molecule has 4 rings (SSSR count). The highest BCUT2D eigenvalue weighted by molar-refractivity contribution is 7.99. The summed E-state index contributed by atoms with van der Waals surface area (Å²) in [4.78, 5) is 42.1. The molecule has 172 valence electrons. The van der Waals surface area contributed by atoms with Gasteiger partial charge in [-0.2, -0.15) is 0 Å². The molecule has 0 fully saturated rings. The van der Waals surface area contributed by atoms with Crippen LogP contribution in [0.15, 0.2) is 93.4 Å². The molecule has 0 atom stereocenters. The largest absolute Gasteiger partial charge is 0.467 e. The second-order valence-corrected chi connectivity index (χ2v) is 8.25. The number of esters is 1. The average Bonchev–Trinajstić information content (AvgIpc) is 3.53. The molecular formula is C26H22N2O5S. The van der Waals surface area contributed by atoms with Gasteiger partial charge in [-0.15, -0.1) is 0 Å². The molecule has 0 spiro atoms. The van der Waals surface area contributed by atoms with Crippen LogP contribution in [-0.2, 0) is 11.3 Å². The monoisotopic (exact) mass is 474 g/mol. The molecule has 2 heterocycles. The summed E-state index contributed by atoms with van der Waals surface area (Å²) in [5.41, 5.74) is 1.42. The van der Waals surface area contributed by atoms with Gasteiger partial charge in [0.15, 0.2) is 0 Å². The average molecular weight is 475 g/mol. The zero-order valence-electron chi connectivity index (χ0n) is 18.4. The number of amides is 1. The molecule has 4 aromatic rings. The van der Waals surface area contributed by atoms with E-state index in [9.17, 15) is 14.4 Å². The number of hydrogen-bond donors (Lipinski definition) is 2. The summed E-state index contributed by atoms with van der Waals surface area (Å²) in [7, 11) is 0. The molecule has 0 saturated heterocycles. The predicted octanol–water partition coefficient (Wildman–Crippen LogP) is 5.10. The Balaban J connectivity index is 1.63. The van der Waals surface area contributed by atoms with Crippen LogP contribution in [-0.4, -0.2) is 29.3 Å². The third kappa shape index (κ3) is 5.29. The molecule has 2 N–H and O–H groups in total. The van der Waals surface area contributed by atoms with Crippen molar-refractivity contribution < 1.29 is 23.5 Å². The first-order valence-corrected chi connectivity index (χ1v) is 11.5. The summed E-state index contributed by atoms with van der Waals surface area (Å²) in [6.45, 7) is 2.16. The topological polar surface area (TPSA) is 101 Å². The van der Waals surface area contributed by atoms with Gasteiger partial charge in [-0.1, -0.05) is 54.2 Å². The van der Waals surface area contributed by atoms with Gasteiger partial charge in [0.05, 0.1) is 41.3 Å². The number of hydrogen-bond acceptors (Lipinski definition) is 6. The molecule has 34 heavy (non-hydrogen) atoms. The van der Waals surface area contributed by atoms with Gasteiger partial charge in [0.1, 0.15) is 5.76 Å². The Labute approximate surface area is 200 Å². The smallest absolute Gasteiger partial charge is 0.340 e. The summed E-state index contributed by atoms with van der Waals surface area (Å²) in [5, 5.41) is 3.25. The van der Waals surface area contributed by atoms with Gasteiger partial charge in [-0.25, -0.2) is 4.79 Å². The number of aromatic nitrogens is 1. The standard InChI is InChI=1S/C26H22N2O5S/c1-2-32-26(31)20-15-21(23(29)17-9-4-3-5-10-17)28-25(20)34-22-13-7-6-12-19(22)24(30)27-16-18-11-8-14-33-18/h3-15,28H,2,16H2,1H3,(H,27,30). The molecule has 7 nitrogen and oxygen atoms in total. The molecule has 0 saturated carbocycles. The number of nitrogens with one attached hydrogen (secondary N) is 2. The van der Waals surface area contributed by atoms with Crippen molar-refractivity contribution in [2.45, 2.75) is 23.4 Å². The Morgan fingerprint density at radius 3 is 2.47 bits per heavy atom. The lowest BCUT2D eigenvalue weighted by atomic mass is 10.1. The number of benzene rings is 2. The number of carbonyl (C=O) groups is 3. The SMILES string of the molecule is CCOC(=O)c1cc(C(=O)c2ccccc2)[nH]c1Sc1ccccc1C(=O)NCc1ccco1. The van der Waals surface area contributed by atoms with Crippen LogP contribution < -0.4 is 5.32 Å². The maximum absolute atomic E-state index is 13.0. The van der Waals surface area contributed by atoms with Crippen molar-refractivity contribution in [2.24, 2.45) is 0 Å². The molecular weight excluding hydrogens is 452 g/mol. The summed E-state index contributed by atoms with van der Waals surface area (Å²) in [6, 6.07) is 20.8. The lowest BCUT2D eigenvalue weighted by Crippen LogP contribution is -2.23. The van der Waals surface area contributed by atoms with E-state index in [0.29, 0.717) is 26.8 Å². The van der Waals surface area contributed by atoms with Crippen molar-refractivity contribution in [2.75, 3.05) is 6.61 Å². The molecule has 0 radical (unpaired) electrons. The van der Waals surface area contributed by atoms with Gasteiger partial charge in [0.25, 0.3) is 5.91 Å². The second-order valence-electron chi connectivity index (χ2n) is 7.20. The van der Waals surface area contributed by atoms with Crippen LogP contribution >= 0.6 is 11.8 Å². The summed E-state index contributed by atoms with van der Waals surface area (Å²) < 4.78 is 10.5. The Hall–Kier alpha value is -4.04. The number of furan rings is 1. The second kappa shape index (κ2) is 10.7. The van der Waals surface area contributed by atoms with E-state index in [1.54, 1.807) is 73.9 Å². The Kier molecular flexibility index (Phi) is 7.29. The fourth-order valence-electron chi connectivity index (χ4n) is 3.27. The van der Waals surface area contributed by atoms with E-state index in [-0.39, 0.29) is 36.1 Å². The number of ether oxygens (including phenoxy) is 1. The molecule has 0 aliphatic carbocycles.